The Balaban J connectivity index is 2.25. The molecule has 0 amide bonds. The molecule has 2 aromatic rings. The molecule has 0 saturated carbocycles. The normalized spacial score (nSPS) is 14.7. The van der Waals surface area contributed by atoms with Crippen molar-refractivity contribution in [3.63, 3.8) is 0 Å². The molecule has 1 aromatic heterocycles. The lowest BCUT2D eigenvalue weighted by Crippen LogP contribution is -2.37. The summed E-state index contributed by atoms with van der Waals surface area (Å²) in [7, 11) is 2.12. The van der Waals surface area contributed by atoms with E-state index in [1.54, 1.807) is 0 Å². The van der Waals surface area contributed by atoms with Gasteiger partial charge in [0.15, 0.2) is 0 Å². The summed E-state index contributed by atoms with van der Waals surface area (Å²) in [5.41, 5.74) is 2.32. The van der Waals surface area contributed by atoms with E-state index >= 15 is 0 Å². The van der Waals surface area contributed by atoms with E-state index < -0.39 is 0 Å². The molecule has 0 spiro atoms. The fourth-order valence-corrected chi connectivity index (χ4v) is 2.60. The number of rotatable bonds is 6. The summed E-state index contributed by atoms with van der Waals surface area (Å²) in [5.74, 6) is 1.84. The number of likely N-dealkylation sites (N-methyl/N-ethyl adjacent to an activating group) is 1. The van der Waals surface area contributed by atoms with Crippen LogP contribution in [0.15, 0.2) is 24.3 Å². The molecule has 3 nitrogen and oxygen atoms in total. The number of benzene rings is 1. The first-order chi connectivity index (χ1) is 9.17. The zero-order chi connectivity index (χ0) is 13.8. The quantitative estimate of drug-likeness (QED) is 0.863. The lowest BCUT2D eigenvalue weighted by Gasteiger charge is -2.23. The van der Waals surface area contributed by atoms with Crippen LogP contribution in [-0.2, 0) is 13.5 Å². The minimum absolute atomic E-state index is 0.505. The van der Waals surface area contributed by atoms with Gasteiger partial charge in [0.25, 0.3) is 0 Å². The lowest BCUT2D eigenvalue weighted by atomic mass is 9.96. The van der Waals surface area contributed by atoms with Gasteiger partial charge in [-0.15, -0.1) is 0 Å². The van der Waals surface area contributed by atoms with Crippen LogP contribution in [0.1, 0.15) is 33.0 Å². The molecule has 1 N–H and O–H groups in total. The Morgan fingerprint density at radius 3 is 2.63 bits per heavy atom. The van der Waals surface area contributed by atoms with Crippen LogP contribution >= 0.6 is 0 Å². The van der Waals surface area contributed by atoms with E-state index in [1.807, 2.05) is 0 Å². The Morgan fingerprint density at radius 2 is 2.00 bits per heavy atom. The second-order valence-electron chi connectivity index (χ2n) is 5.33. The first kappa shape index (κ1) is 14.1. The van der Waals surface area contributed by atoms with Gasteiger partial charge in [0.05, 0.1) is 11.0 Å². The summed E-state index contributed by atoms with van der Waals surface area (Å²) in [6.07, 6.45) is 2.19. The molecule has 3 heteroatoms. The minimum atomic E-state index is 0.505. The van der Waals surface area contributed by atoms with Crippen LogP contribution < -0.4 is 5.32 Å². The highest BCUT2D eigenvalue weighted by Crippen LogP contribution is 2.18. The van der Waals surface area contributed by atoms with Crippen LogP contribution in [0.4, 0.5) is 0 Å². The van der Waals surface area contributed by atoms with Crippen molar-refractivity contribution in [2.75, 3.05) is 6.54 Å². The third-order valence-corrected chi connectivity index (χ3v) is 4.08. The predicted octanol–water partition coefficient (Wildman–Crippen LogP) is 3.14. The first-order valence-corrected chi connectivity index (χ1v) is 7.31. The van der Waals surface area contributed by atoms with Crippen molar-refractivity contribution >= 4 is 11.0 Å². The number of nitrogens with zero attached hydrogens (tertiary/aromatic N) is 2. The summed E-state index contributed by atoms with van der Waals surface area (Å²) in [6.45, 7) is 7.75. The Morgan fingerprint density at radius 1 is 1.26 bits per heavy atom. The maximum Gasteiger partial charge on any atom is 0.111 e. The second-order valence-corrected chi connectivity index (χ2v) is 5.33. The van der Waals surface area contributed by atoms with E-state index in [-0.39, 0.29) is 0 Å². The van der Waals surface area contributed by atoms with Crippen LogP contribution in [0.2, 0.25) is 0 Å². The topological polar surface area (TPSA) is 29.9 Å². The van der Waals surface area contributed by atoms with Crippen LogP contribution in [0.25, 0.3) is 11.0 Å². The van der Waals surface area contributed by atoms with Gasteiger partial charge < -0.3 is 9.88 Å². The van der Waals surface area contributed by atoms with Crippen molar-refractivity contribution in [2.24, 2.45) is 13.0 Å². The first-order valence-electron chi connectivity index (χ1n) is 7.31. The van der Waals surface area contributed by atoms with Crippen molar-refractivity contribution < 1.29 is 0 Å². The fraction of sp³-hybridized carbons (Fsp3) is 0.562. The molecule has 2 rings (SSSR count). The molecule has 19 heavy (non-hydrogen) atoms. The number of para-hydroxylation sites is 2. The number of nitrogens with one attached hydrogen (secondary N) is 1. The monoisotopic (exact) mass is 259 g/mol. The molecule has 2 unspecified atom stereocenters. The summed E-state index contributed by atoms with van der Waals surface area (Å²) in [5, 5.41) is 3.60. The van der Waals surface area contributed by atoms with E-state index in [9.17, 15) is 0 Å². The molecule has 104 valence electrons. The van der Waals surface area contributed by atoms with E-state index in [2.05, 4.69) is 62.0 Å². The molecule has 1 heterocycles. The van der Waals surface area contributed by atoms with Gasteiger partial charge in [-0.2, -0.15) is 0 Å². The zero-order valence-corrected chi connectivity index (χ0v) is 12.5. The molecule has 0 aliphatic carbocycles. The Bertz CT molecular complexity index is 530. The van der Waals surface area contributed by atoms with Gasteiger partial charge >= 0.3 is 0 Å². The van der Waals surface area contributed by atoms with Gasteiger partial charge in [-0.05, 0) is 24.6 Å². The summed E-state index contributed by atoms with van der Waals surface area (Å²) in [6, 6.07) is 8.85. The smallest absolute Gasteiger partial charge is 0.111 e. The number of aryl methyl sites for hydroxylation is 1. The molecular weight excluding hydrogens is 234 g/mol. The third-order valence-electron chi connectivity index (χ3n) is 4.08. The van der Waals surface area contributed by atoms with Gasteiger partial charge in [-0.1, -0.05) is 39.3 Å². The molecule has 1 aromatic carbocycles. The molecule has 0 saturated heterocycles. The van der Waals surface area contributed by atoms with Gasteiger partial charge in [0.1, 0.15) is 5.82 Å². The molecule has 0 aliphatic rings. The standard InChI is InChI=1S/C16H25N3/c1-5-12(3)14(17-6-2)11-16-18-13-9-7-8-10-15(13)19(16)4/h7-10,12,14,17H,5-6,11H2,1-4H3. The molecule has 0 fully saturated rings. The van der Waals surface area contributed by atoms with Crippen LogP contribution in [0.3, 0.4) is 0 Å². The second kappa shape index (κ2) is 6.20. The largest absolute Gasteiger partial charge is 0.331 e. The van der Waals surface area contributed by atoms with E-state index in [1.165, 1.54) is 17.8 Å². The predicted molar refractivity (Wildman–Crippen MR) is 81.3 cm³/mol. The van der Waals surface area contributed by atoms with Gasteiger partial charge in [0.2, 0.25) is 0 Å². The van der Waals surface area contributed by atoms with Gasteiger partial charge in [0, 0.05) is 19.5 Å². The average Bonchev–Trinajstić information content (AvgIpc) is 2.75. The van der Waals surface area contributed by atoms with Crippen LogP contribution in [0, 0.1) is 5.92 Å². The molecule has 0 aliphatic heterocycles. The zero-order valence-electron chi connectivity index (χ0n) is 12.5. The third kappa shape index (κ3) is 2.98. The highest BCUT2D eigenvalue weighted by atomic mass is 15.1. The molecular formula is C16H25N3. The van der Waals surface area contributed by atoms with Crippen molar-refractivity contribution in [2.45, 2.75) is 39.7 Å². The van der Waals surface area contributed by atoms with Gasteiger partial charge in [-0.3, -0.25) is 0 Å². The number of fused-ring (bicyclic) bond motifs is 1. The number of imidazole rings is 1. The van der Waals surface area contributed by atoms with Crippen molar-refractivity contribution in [3.8, 4) is 0 Å². The molecule has 2 atom stereocenters. The maximum atomic E-state index is 4.77. The maximum absolute atomic E-state index is 4.77. The average molecular weight is 259 g/mol. The van der Waals surface area contributed by atoms with E-state index in [0.29, 0.717) is 12.0 Å². The number of aromatic nitrogens is 2. The van der Waals surface area contributed by atoms with E-state index in [0.717, 1.165) is 18.5 Å². The van der Waals surface area contributed by atoms with Crippen LogP contribution in [0.5, 0.6) is 0 Å². The van der Waals surface area contributed by atoms with Crippen molar-refractivity contribution in [1.29, 1.82) is 0 Å². The highest BCUT2D eigenvalue weighted by molar-refractivity contribution is 5.75. The Hall–Kier alpha value is -1.35. The summed E-state index contributed by atoms with van der Waals surface area (Å²) in [4.78, 5) is 4.77. The van der Waals surface area contributed by atoms with Crippen molar-refractivity contribution in [3.05, 3.63) is 30.1 Å². The summed E-state index contributed by atoms with van der Waals surface area (Å²) < 4.78 is 2.22. The molecule has 0 radical (unpaired) electrons. The Kier molecular flexibility index (Phi) is 4.59. The minimum Gasteiger partial charge on any atom is -0.331 e. The van der Waals surface area contributed by atoms with E-state index in [4.69, 9.17) is 4.98 Å². The van der Waals surface area contributed by atoms with Crippen molar-refractivity contribution in [1.82, 2.24) is 14.9 Å². The summed E-state index contributed by atoms with van der Waals surface area (Å²) >= 11 is 0. The van der Waals surface area contributed by atoms with Crippen LogP contribution in [-0.4, -0.2) is 22.1 Å². The number of hydrogen-bond acceptors (Lipinski definition) is 2. The van der Waals surface area contributed by atoms with Gasteiger partial charge in [-0.25, -0.2) is 4.98 Å². The highest BCUT2D eigenvalue weighted by Gasteiger charge is 2.18. The Labute approximate surface area is 116 Å². The fourth-order valence-electron chi connectivity index (χ4n) is 2.60. The lowest BCUT2D eigenvalue weighted by molar-refractivity contribution is 0.364. The SMILES string of the molecule is CCNC(Cc1nc2ccccc2n1C)C(C)CC. The molecule has 0 bridgehead atoms. The number of hydrogen-bond donors (Lipinski definition) is 1.